The number of hydrogen-bond donors (Lipinski definition) is 1. The minimum absolute atomic E-state index is 0.0767. The maximum absolute atomic E-state index is 12.7. The van der Waals surface area contributed by atoms with Crippen molar-refractivity contribution >= 4 is 5.91 Å². The van der Waals surface area contributed by atoms with Crippen LogP contribution in [0.3, 0.4) is 0 Å². The van der Waals surface area contributed by atoms with E-state index in [1.54, 1.807) is 6.26 Å². The van der Waals surface area contributed by atoms with Crippen molar-refractivity contribution in [1.82, 2.24) is 5.32 Å². The first-order valence-electron chi connectivity index (χ1n) is 11.3. The molecule has 2 heterocycles. The topological polar surface area (TPSA) is 51.5 Å². The van der Waals surface area contributed by atoms with Crippen molar-refractivity contribution in [3.63, 3.8) is 0 Å². The molecule has 1 amide bonds. The Labute approximate surface area is 181 Å². The lowest BCUT2D eigenvalue weighted by Gasteiger charge is -2.39. The van der Waals surface area contributed by atoms with Crippen LogP contribution >= 0.6 is 0 Å². The first-order chi connectivity index (χ1) is 14.4. The van der Waals surface area contributed by atoms with Crippen LogP contribution in [0.25, 0.3) is 0 Å². The van der Waals surface area contributed by atoms with Gasteiger partial charge in [-0.1, -0.05) is 44.2 Å². The molecule has 1 aromatic carbocycles. The Morgan fingerprint density at radius 2 is 1.93 bits per heavy atom. The molecule has 4 nitrogen and oxygen atoms in total. The molecule has 4 heteroatoms. The Morgan fingerprint density at radius 3 is 2.57 bits per heavy atom. The monoisotopic (exact) mass is 411 g/mol. The molecule has 0 aliphatic carbocycles. The van der Waals surface area contributed by atoms with Gasteiger partial charge in [-0.2, -0.15) is 0 Å². The maximum Gasteiger partial charge on any atom is 0.220 e. The summed E-state index contributed by atoms with van der Waals surface area (Å²) in [6.45, 7) is 10.1. The summed E-state index contributed by atoms with van der Waals surface area (Å²) in [5.41, 5.74) is 1.29. The number of carbonyl (C=O) groups is 1. The number of ether oxygens (including phenoxy) is 1. The van der Waals surface area contributed by atoms with Crippen molar-refractivity contribution in [2.45, 2.75) is 70.8 Å². The standard InChI is InChI=1S/C26H37NO3/c1-19(2)23(24-11-8-15-29-24)17-25(28)27-14-12-22(20-9-6-5-7-10-20)21-13-16-30-26(3,4)18-21/h5-11,15,19,21-23H,12-14,16-18H2,1-4H3,(H,27,28)/t21-,22+,23+/m1/s1. The van der Waals surface area contributed by atoms with E-state index in [4.69, 9.17) is 9.15 Å². The predicted molar refractivity (Wildman–Crippen MR) is 120 cm³/mol. The van der Waals surface area contributed by atoms with Crippen molar-refractivity contribution in [3.8, 4) is 0 Å². The van der Waals surface area contributed by atoms with E-state index in [2.05, 4.69) is 63.3 Å². The van der Waals surface area contributed by atoms with Crippen molar-refractivity contribution < 1.29 is 13.9 Å². The summed E-state index contributed by atoms with van der Waals surface area (Å²) < 4.78 is 11.5. The summed E-state index contributed by atoms with van der Waals surface area (Å²) in [6.07, 6.45) is 5.22. The highest BCUT2D eigenvalue weighted by Crippen LogP contribution is 2.39. The van der Waals surface area contributed by atoms with E-state index < -0.39 is 0 Å². The van der Waals surface area contributed by atoms with Crippen LogP contribution in [-0.2, 0) is 9.53 Å². The molecular weight excluding hydrogens is 374 g/mol. The van der Waals surface area contributed by atoms with Crippen LogP contribution in [0.4, 0.5) is 0 Å². The first kappa shape index (κ1) is 22.6. The smallest absolute Gasteiger partial charge is 0.220 e. The molecular formula is C26H37NO3. The highest BCUT2D eigenvalue weighted by Gasteiger charge is 2.34. The van der Waals surface area contributed by atoms with Gasteiger partial charge in [0.05, 0.1) is 11.9 Å². The van der Waals surface area contributed by atoms with E-state index in [1.165, 1.54) is 5.56 Å². The molecule has 0 radical (unpaired) electrons. The Balaban J connectivity index is 1.59. The van der Waals surface area contributed by atoms with Crippen LogP contribution in [0, 0.1) is 11.8 Å². The Kier molecular flexibility index (Phi) is 7.76. The van der Waals surface area contributed by atoms with Gasteiger partial charge in [0.25, 0.3) is 0 Å². The van der Waals surface area contributed by atoms with Crippen molar-refractivity contribution in [3.05, 3.63) is 60.1 Å². The molecule has 3 atom stereocenters. The van der Waals surface area contributed by atoms with Gasteiger partial charge in [-0.15, -0.1) is 0 Å². The number of amides is 1. The lowest BCUT2D eigenvalue weighted by atomic mass is 9.75. The van der Waals surface area contributed by atoms with Crippen molar-refractivity contribution in [2.75, 3.05) is 13.2 Å². The molecule has 1 aliphatic rings. The fraction of sp³-hybridized carbons (Fsp3) is 0.577. The average Bonchev–Trinajstić information content (AvgIpc) is 3.23. The molecule has 1 aromatic heterocycles. The van der Waals surface area contributed by atoms with Gasteiger partial charge in [0, 0.05) is 25.5 Å². The molecule has 1 N–H and O–H groups in total. The molecule has 0 unspecified atom stereocenters. The van der Waals surface area contributed by atoms with E-state index in [-0.39, 0.29) is 17.4 Å². The zero-order valence-corrected chi connectivity index (χ0v) is 18.9. The summed E-state index contributed by atoms with van der Waals surface area (Å²) in [4.78, 5) is 12.7. The second-order valence-electron chi connectivity index (χ2n) is 9.59. The Bertz CT molecular complexity index is 767. The number of furan rings is 1. The Morgan fingerprint density at radius 1 is 1.17 bits per heavy atom. The van der Waals surface area contributed by atoms with Gasteiger partial charge in [-0.25, -0.2) is 0 Å². The largest absolute Gasteiger partial charge is 0.469 e. The van der Waals surface area contributed by atoms with Gasteiger partial charge in [-0.3, -0.25) is 4.79 Å². The van der Waals surface area contributed by atoms with Gasteiger partial charge >= 0.3 is 0 Å². The quantitative estimate of drug-likeness (QED) is 0.558. The van der Waals surface area contributed by atoms with Crippen LogP contribution in [0.2, 0.25) is 0 Å². The van der Waals surface area contributed by atoms with Crippen molar-refractivity contribution in [2.24, 2.45) is 11.8 Å². The van der Waals surface area contributed by atoms with E-state index in [9.17, 15) is 4.79 Å². The maximum atomic E-state index is 12.7. The molecule has 1 saturated heterocycles. The summed E-state index contributed by atoms with van der Waals surface area (Å²) in [6, 6.07) is 14.6. The zero-order valence-electron chi connectivity index (χ0n) is 18.9. The van der Waals surface area contributed by atoms with E-state index in [1.807, 2.05) is 12.1 Å². The van der Waals surface area contributed by atoms with Crippen LogP contribution < -0.4 is 5.32 Å². The fourth-order valence-electron chi connectivity index (χ4n) is 4.80. The SMILES string of the molecule is CC(C)[C@H](CC(=O)NCC[C@@H](c1ccccc1)[C@@H]1CCOC(C)(C)C1)c1ccco1. The molecule has 0 saturated carbocycles. The number of nitrogens with one attached hydrogen (secondary N) is 1. The lowest BCUT2D eigenvalue weighted by molar-refractivity contribution is -0.121. The van der Waals surface area contributed by atoms with Gasteiger partial charge in [0.1, 0.15) is 5.76 Å². The number of rotatable bonds is 9. The van der Waals surface area contributed by atoms with E-state index in [0.717, 1.165) is 31.6 Å². The van der Waals surface area contributed by atoms with Crippen LogP contribution in [0.1, 0.15) is 76.5 Å². The van der Waals surface area contributed by atoms with Crippen LogP contribution in [0.15, 0.2) is 53.1 Å². The average molecular weight is 412 g/mol. The van der Waals surface area contributed by atoms with E-state index >= 15 is 0 Å². The van der Waals surface area contributed by atoms with Crippen LogP contribution in [-0.4, -0.2) is 24.7 Å². The summed E-state index contributed by atoms with van der Waals surface area (Å²) in [5.74, 6) is 2.46. The first-order valence-corrected chi connectivity index (χ1v) is 11.3. The molecule has 1 fully saturated rings. The normalized spacial score (nSPS) is 20.6. The number of carbonyl (C=O) groups excluding carboxylic acids is 1. The van der Waals surface area contributed by atoms with E-state index in [0.29, 0.717) is 30.7 Å². The summed E-state index contributed by atoms with van der Waals surface area (Å²) in [7, 11) is 0. The van der Waals surface area contributed by atoms with Gasteiger partial charge in [-0.05, 0) is 68.6 Å². The molecule has 0 spiro atoms. The third-order valence-corrected chi connectivity index (χ3v) is 6.43. The third-order valence-electron chi connectivity index (χ3n) is 6.43. The Hall–Kier alpha value is -2.07. The molecule has 3 rings (SSSR count). The molecule has 1 aliphatic heterocycles. The minimum Gasteiger partial charge on any atom is -0.469 e. The molecule has 0 bridgehead atoms. The van der Waals surface area contributed by atoms with Gasteiger partial charge < -0.3 is 14.5 Å². The fourth-order valence-corrected chi connectivity index (χ4v) is 4.80. The van der Waals surface area contributed by atoms with Crippen LogP contribution in [0.5, 0.6) is 0 Å². The minimum atomic E-state index is -0.0767. The predicted octanol–water partition coefficient (Wildman–Crippen LogP) is 5.90. The highest BCUT2D eigenvalue weighted by atomic mass is 16.5. The zero-order chi connectivity index (χ0) is 21.6. The van der Waals surface area contributed by atoms with Gasteiger partial charge in [0.15, 0.2) is 0 Å². The summed E-state index contributed by atoms with van der Waals surface area (Å²) >= 11 is 0. The lowest BCUT2D eigenvalue weighted by Crippen LogP contribution is -2.37. The highest BCUT2D eigenvalue weighted by molar-refractivity contribution is 5.76. The molecule has 30 heavy (non-hydrogen) atoms. The van der Waals surface area contributed by atoms with Crippen molar-refractivity contribution in [1.29, 1.82) is 0 Å². The molecule has 164 valence electrons. The third kappa shape index (κ3) is 6.21. The second kappa shape index (κ2) is 10.3. The van der Waals surface area contributed by atoms with Gasteiger partial charge in [0.2, 0.25) is 5.91 Å². The second-order valence-corrected chi connectivity index (χ2v) is 9.59. The number of benzene rings is 1. The number of hydrogen-bond acceptors (Lipinski definition) is 3. The summed E-state index contributed by atoms with van der Waals surface area (Å²) in [5, 5.41) is 3.18. The molecule has 2 aromatic rings.